The third kappa shape index (κ3) is 3.98. The van der Waals surface area contributed by atoms with Gasteiger partial charge in [0.2, 0.25) is 5.91 Å². The normalized spacial score (nSPS) is 15.4. The van der Waals surface area contributed by atoms with Crippen LogP contribution in [0.4, 0.5) is 4.39 Å². The van der Waals surface area contributed by atoms with Crippen molar-refractivity contribution in [2.24, 2.45) is 0 Å². The molecule has 0 fully saturated rings. The number of carbonyl (C=O) groups is 1. The van der Waals surface area contributed by atoms with Crippen LogP contribution in [-0.4, -0.2) is 10.8 Å². The number of fused-ring (bicyclic) bond motifs is 1. The highest BCUT2D eigenvalue weighted by atomic mass is 19.1. The van der Waals surface area contributed by atoms with Crippen LogP contribution in [-0.2, 0) is 17.9 Å². The van der Waals surface area contributed by atoms with Gasteiger partial charge in [0.1, 0.15) is 5.83 Å². The predicted octanol–water partition coefficient (Wildman–Crippen LogP) is 5.16. The van der Waals surface area contributed by atoms with Crippen molar-refractivity contribution in [1.82, 2.24) is 4.90 Å². The zero-order valence-corrected chi connectivity index (χ0v) is 14.1. The number of benzene rings is 1. The minimum atomic E-state index is -0.231. The fourth-order valence-electron chi connectivity index (χ4n) is 2.73. The molecule has 2 rings (SSSR count). The lowest BCUT2D eigenvalue weighted by Crippen LogP contribution is -2.23. The third-order valence-corrected chi connectivity index (χ3v) is 4.04. The molecule has 0 atom stereocenters. The summed E-state index contributed by atoms with van der Waals surface area (Å²) in [6, 6.07) is 5.95. The Morgan fingerprint density at radius 3 is 2.65 bits per heavy atom. The summed E-state index contributed by atoms with van der Waals surface area (Å²) in [5, 5.41) is 0. The van der Waals surface area contributed by atoms with Gasteiger partial charge in [-0.05, 0) is 36.1 Å². The molecule has 2 nitrogen and oxygen atoms in total. The number of rotatable bonds is 5. The molecule has 1 aromatic carbocycles. The van der Waals surface area contributed by atoms with Crippen molar-refractivity contribution in [1.29, 1.82) is 0 Å². The van der Waals surface area contributed by atoms with Crippen LogP contribution in [0.15, 0.2) is 48.3 Å². The highest BCUT2D eigenvalue weighted by Crippen LogP contribution is 2.30. The predicted molar refractivity (Wildman–Crippen MR) is 93.3 cm³/mol. The van der Waals surface area contributed by atoms with E-state index in [4.69, 9.17) is 0 Å². The molecule has 0 radical (unpaired) electrons. The van der Waals surface area contributed by atoms with Gasteiger partial charge in [0, 0.05) is 25.1 Å². The van der Waals surface area contributed by atoms with Crippen molar-refractivity contribution in [3.05, 3.63) is 65.0 Å². The molecule has 3 heteroatoms. The fraction of sp³-hybridized carbons (Fsp3) is 0.350. The van der Waals surface area contributed by atoms with E-state index in [-0.39, 0.29) is 11.7 Å². The van der Waals surface area contributed by atoms with Crippen molar-refractivity contribution < 1.29 is 9.18 Å². The maximum atomic E-state index is 14.2. The van der Waals surface area contributed by atoms with Gasteiger partial charge in [0.25, 0.3) is 0 Å². The second kappa shape index (κ2) is 7.91. The Morgan fingerprint density at radius 1 is 1.26 bits per heavy atom. The van der Waals surface area contributed by atoms with Crippen LogP contribution in [0, 0.1) is 0 Å². The molecule has 23 heavy (non-hydrogen) atoms. The summed E-state index contributed by atoms with van der Waals surface area (Å²) < 4.78 is 14.2. The molecule has 0 saturated heterocycles. The maximum absolute atomic E-state index is 14.2. The average Bonchev–Trinajstić information content (AvgIpc) is 3.00. The minimum absolute atomic E-state index is 0.157. The SMILES string of the molecule is C\C=C(F)/C(=C\C=C\CC)c1ccc2c(c1)CN(C(=O)CC)C2. The maximum Gasteiger partial charge on any atom is 0.222 e. The van der Waals surface area contributed by atoms with E-state index < -0.39 is 0 Å². The zero-order chi connectivity index (χ0) is 16.8. The molecule has 0 N–H and O–H groups in total. The molecule has 1 aliphatic heterocycles. The number of carbonyl (C=O) groups excluding carboxylic acids is 1. The van der Waals surface area contributed by atoms with E-state index in [0.29, 0.717) is 25.1 Å². The molecule has 1 aromatic rings. The number of hydrogen-bond acceptors (Lipinski definition) is 1. The van der Waals surface area contributed by atoms with Crippen molar-refractivity contribution in [2.45, 2.75) is 46.7 Å². The molecule has 122 valence electrons. The molecular weight excluding hydrogens is 289 g/mol. The average molecular weight is 313 g/mol. The number of allylic oxidation sites excluding steroid dienone is 6. The number of nitrogens with zero attached hydrogens (tertiary/aromatic N) is 1. The standard InChI is InChI=1S/C20H24FNO/c1-4-7-8-9-18(19(21)5-2)15-10-11-16-13-22(20(23)6-3)14-17(16)12-15/h5,7-12H,4,6,13-14H2,1-3H3/b8-7+,18-9-,19-5+. The van der Waals surface area contributed by atoms with E-state index >= 15 is 0 Å². The molecule has 1 heterocycles. The van der Waals surface area contributed by atoms with Gasteiger partial charge >= 0.3 is 0 Å². The first-order valence-corrected chi connectivity index (χ1v) is 8.19. The van der Waals surface area contributed by atoms with Crippen LogP contribution in [0.1, 0.15) is 50.3 Å². The first-order chi connectivity index (χ1) is 11.1. The monoisotopic (exact) mass is 313 g/mol. The highest BCUT2D eigenvalue weighted by Gasteiger charge is 2.22. The van der Waals surface area contributed by atoms with E-state index in [2.05, 4.69) is 0 Å². The molecule has 0 aliphatic carbocycles. The Kier molecular flexibility index (Phi) is 5.91. The van der Waals surface area contributed by atoms with Crippen LogP contribution in [0.3, 0.4) is 0 Å². The molecule has 0 aromatic heterocycles. The second-order valence-corrected chi connectivity index (χ2v) is 5.64. The van der Waals surface area contributed by atoms with Crippen molar-refractivity contribution >= 4 is 11.5 Å². The number of amides is 1. The molecule has 0 saturated carbocycles. The topological polar surface area (TPSA) is 20.3 Å². The van der Waals surface area contributed by atoms with Crippen LogP contribution in [0.2, 0.25) is 0 Å². The number of hydrogen-bond donors (Lipinski definition) is 0. The minimum Gasteiger partial charge on any atom is -0.334 e. The van der Waals surface area contributed by atoms with Gasteiger partial charge in [0.05, 0.1) is 0 Å². The zero-order valence-electron chi connectivity index (χ0n) is 14.1. The molecule has 0 spiro atoms. The summed E-state index contributed by atoms with van der Waals surface area (Å²) in [7, 11) is 0. The first-order valence-electron chi connectivity index (χ1n) is 8.19. The van der Waals surface area contributed by atoms with Crippen molar-refractivity contribution in [3.8, 4) is 0 Å². The second-order valence-electron chi connectivity index (χ2n) is 5.64. The Bertz CT molecular complexity index is 670. The summed E-state index contributed by atoms with van der Waals surface area (Å²) in [4.78, 5) is 13.7. The molecular formula is C20H24FNO. The largest absolute Gasteiger partial charge is 0.334 e. The summed E-state index contributed by atoms with van der Waals surface area (Å²) in [6.45, 7) is 6.89. The van der Waals surface area contributed by atoms with Gasteiger partial charge in [0.15, 0.2) is 0 Å². The summed E-state index contributed by atoms with van der Waals surface area (Å²) in [5.74, 6) is -0.0748. The summed E-state index contributed by atoms with van der Waals surface area (Å²) in [5.41, 5.74) is 3.70. The van der Waals surface area contributed by atoms with E-state index in [0.717, 1.165) is 23.1 Å². The van der Waals surface area contributed by atoms with E-state index in [1.54, 1.807) is 6.92 Å². The smallest absolute Gasteiger partial charge is 0.222 e. The van der Waals surface area contributed by atoms with Crippen molar-refractivity contribution in [3.63, 3.8) is 0 Å². The van der Waals surface area contributed by atoms with Gasteiger partial charge in [-0.1, -0.05) is 50.3 Å². The molecule has 1 amide bonds. The van der Waals surface area contributed by atoms with E-state index in [1.807, 2.05) is 55.2 Å². The quantitative estimate of drug-likeness (QED) is 0.687. The lowest BCUT2D eigenvalue weighted by atomic mass is 9.99. The lowest BCUT2D eigenvalue weighted by Gasteiger charge is -2.13. The number of halogens is 1. The van der Waals surface area contributed by atoms with Crippen LogP contribution >= 0.6 is 0 Å². The van der Waals surface area contributed by atoms with Crippen LogP contribution in [0.5, 0.6) is 0 Å². The summed E-state index contributed by atoms with van der Waals surface area (Å²) >= 11 is 0. The molecule has 0 bridgehead atoms. The van der Waals surface area contributed by atoms with Gasteiger partial charge in [-0.25, -0.2) is 4.39 Å². The Hall–Kier alpha value is -2.16. The fourth-order valence-corrected chi connectivity index (χ4v) is 2.73. The molecule has 1 aliphatic rings. The van der Waals surface area contributed by atoms with Gasteiger partial charge < -0.3 is 4.90 Å². The Morgan fingerprint density at radius 2 is 2.00 bits per heavy atom. The Labute approximate surface area is 138 Å². The van der Waals surface area contributed by atoms with Gasteiger partial charge in [-0.15, -0.1) is 0 Å². The van der Waals surface area contributed by atoms with Crippen molar-refractivity contribution in [2.75, 3.05) is 0 Å². The van der Waals surface area contributed by atoms with Gasteiger partial charge in [-0.3, -0.25) is 4.79 Å². The highest BCUT2D eigenvalue weighted by molar-refractivity contribution is 5.80. The van der Waals surface area contributed by atoms with E-state index in [1.165, 1.54) is 6.08 Å². The van der Waals surface area contributed by atoms with E-state index in [9.17, 15) is 9.18 Å². The Balaban J connectivity index is 2.33. The molecule has 0 unspecified atom stereocenters. The van der Waals surface area contributed by atoms with Gasteiger partial charge in [-0.2, -0.15) is 0 Å². The third-order valence-electron chi connectivity index (χ3n) is 4.04. The van der Waals surface area contributed by atoms with Crippen LogP contribution < -0.4 is 0 Å². The lowest BCUT2D eigenvalue weighted by molar-refractivity contribution is -0.131. The first kappa shape index (κ1) is 17.2. The summed E-state index contributed by atoms with van der Waals surface area (Å²) in [6.07, 6.45) is 8.60. The van der Waals surface area contributed by atoms with Crippen LogP contribution in [0.25, 0.3) is 5.57 Å².